The fraction of sp³-hybridized carbons (Fsp3) is 0.241. The van der Waals surface area contributed by atoms with E-state index < -0.39 is 0 Å². The van der Waals surface area contributed by atoms with E-state index in [0.717, 1.165) is 24.2 Å². The average Bonchev–Trinajstić information content (AvgIpc) is 3.23. The van der Waals surface area contributed by atoms with E-state index in [4.69, 9.17) is 23.9 Å². The molecular weight excluding hydrogens is 488 g/mol. The molecule has 1 amide bonds. The molecule has 0 bridgehead atoms. The van der Waals surface area contributed by atoms with Crippen LogP contribution in [0.1, 0.15) is 25.3 Å². The van der Waals surface area contributed by atoms with Gasteiger partial charge in [0.05, 0.1) is 44.2 Å². The highest BCUT2D eigenvalue weighted by Crippen LogP contribution is 2.39. The summed E-state index contributed by atoms with van der Waals surface area (Å²) in [5.41, 5.74) is 2.24. The molecule has 8 heteroatoms. The predicted octanol–water partition coefficient (Wildman–Crippen LogP) is 6.70. The number of benzene rings is 3. The van der Waals surface area contributed by atoms with E-state index in [1.54, 1.807) is 26.2 Å². The molecule has 0 aromatic heterocycles. The maximum absolute atomic E-state index is 13.6. The van der Waals surface area contributed by atoms with Crippen molar-refractivity contribution in [2.75, 3.05) is 32.8 Å². The lowest BCUT2D eigenvalue weighted by atomic mass is 10.1. The van der Waals surface area contributed by atoms with Gasteiger partial charge in [-0.2, -0.15) is 0 Å². The van der Waals surface area contributed by atoms with Gasteiger partial charge in [-0.3, -0.25) is 9.69 Å². The van der Waals surface area contributed by atoms with Crippen molar-refractivity contribution in [1.82, 2.24) is 0 Å². The smallest absolute Gasteiger partial charge is 0.271 e. The molecule has 1 fully saturated rings. The number of amidine groups is 1. The van der Waals surface area contributed by atoms with Crippen LogP contribution in [-0.2, 0) is 4.79 Å². The van der Waals surface area contributed by atoms with Crippen LogP contribution in [0.2, 0.25) is 0 Å². The molecule has 37 heavy (non-hydrogen) atoms. The molecule has 3 aromatic carbocycles. The van der Waals surface area contributed by atoms with Crippen LogP contribution in [0, 0.1) is 0 Å². The highest BCUT2D eigenvalue weighted by atomic mass is 32.2. The summed E-state index contributed by atoms with van der Waals surface area (Å²) in [5.74, 6) is 2.60. The molecule has 1 heterocycles. The molecule has 7 nitrogen and oxygen atoms in total. The van der Waals surface area contributed by atoms with Gasteiger partial charge in [0.15, 0.2) is 16.7 Å². The van der Waals surface area contributed by atoms with Gasteiger partial charge in [0.2, 0.25) is 0 Å². The molecule has 0 radical (unpaired) electrons. The SMILES string of the molecule is CCCCOc1ccc(/C=C2\SC(=Nc3ccc(OC)cc3)N(c3ccc(OC)cc3)C2=O)cc1OC. The maximum atomic E-state index is 13.6. The fourth-order valence-corrected chi connectivity index (χ4v) is 4.65. The second-order valence-electron chi connectivity index (χ2n) is 8.15. The number of rotatable bonds is 10. The monoisotopic (exact) mass is 518 g/mol. The highest BCUT2D eigenvalue weighted by molar-refractivity contribution is 8.19. The molecule has 0 N–H and O–H groups in total. The summed E-state index contributed by atoms with van der Waals surface area (Å²) in [6.07, 6.45) is 3.87. The summed E-state index contributed by atoms with van der Waals surface area (Å²) >= 11 is 1.32. The molecule has 0 saturated carbocycles. The third-order valence-electron chi connectivity index (χ3n) is 5.68. The van der Waals surface area contributed by atoms with Crippen LogP contribution in [0.3, 0.4) is 0 Å². The Morgan fingerprint density at radius 2 is 1.54 bits per heavy atom. The van der Waals surface area contributed by atoms with Gasteiger partial charge in [-0.15, -0.1) is 0 Å². The molecule has 3 aromatic rings. The summed E-state index contributed by atoms with van der Waals surface area (Å²) in [5, 5.41) is 0.554. The van der Waals surface area contributed by atoms with Gasteiger partial charge in [0.25, 0.3) is 5.91 Å². The number of ether oxygens (including phenoxy) is 4. The Balaban J connectivity index is 1.68. The van der Waals surface area contributed by atoms with Gasteiger partial charge < -0.3 is 18.9 Å². The van der Waals surface area contributed by atoms with Gasteiger partial charge in [-0.05, 0) is 90.5 Å². The minimum atomic E-state index is -0.162. The van der Waals surface area contributed by atoms with E-state index in [1.165, 1.54) is 11.8 Å². The molecule has 1 aliphatic heterocycles. The van der Waals surface area contributed by atoms with Crippen molar-refractivity contribution in [3.05, 3.63) is 77.2 Å². The Hall–Kier alpha value is -3.91. The fourth-order valence-electron chi connectivity index (χ4n) is 3.65. The van der Waals surface area contributed by atoms with E-state index in [1.807, 2.05) is 72.8 Å². The van der Waals surface area contributed by atoms with Crippen LogP contribution in [-0.4, -0.2) is 39.0 Å². The van der Waals surface area contributed by atoms with Gasteiger partial charge in [0.1, 0.15) is 11.5 Å². The Kier molecular flexibility index (Phi) is 8.74. The number of carbonyl (C=O) groups excluding carboxylic acids is 1. The van der Waals surface area contributed by atoms with Crippen LogP contribution >= 0.6 is 11.8 Å². The van der Waals surface area contributed by atoms with Crippen molar-refractivity contribution < 1.29 is 23.7 Å². The summed E-state index contributed by atoms with van der Waals surface area (Å²) in [6, 6.07) is 20.4. The van der Waals surface area contributed by atoms with Gasteiger partial charge in [0, 0.05) is 0 Å². The number of aliphatic imine (C=N–C) groups is 1. The number of methoxy groups -OCH3 is 3. The van der Waals surface area contributed by atoms with Crippen molar-refractivity contribution in [3.8, 4) is 23.0 Å². The van der Waals surface area contributed by atoms with Crippen LogP contribution in [0.25, 0.3) is 6.08 Å². The first-order valence-corrected chi connectivity index (χ1v) is 12.8. The first kappa shape index (κ1) is 26.2. The Morgan fingerprint density at radius 3 is 2.16 bits per heavy atom. The molecule has 0 aliphatic carbocycles. The Labute approximate surface area is 221 Å². The Bertz CT molecular complexity index is 1290. The van der Waals surface area contributed by atoms with E-state index in [2.05, 4.69) is 6.92 Å². The van der Waals surface area contributed by atoms with Crippen LogP contribution in [0.4, 0.5) is 11.4 Å². The largest absolute Gasteiger partial charge is 0.497 e. The molecule has 0 spiro atoms. The zero-order valence-corrected chi connectivity index (χ0v) is 22.2. The second-order valence-corrected chi connectivity index (χ2v) is 9.16. The predicted molar refractivity (Wildman–Crippen MR) is 150 cm³/mol. The van der Waals surface area contributed by atoms with Crippen LogP contribution < -0.4 is 23.8 Å². The first-order valence-electron chi connectivity index (χ1n) is 12.0. The maximum Gasteiger partial charge on any atom is 0.271 e. The number of unbranched alkanes of at least 4 members (excludes halogenated alkanes) is 1. The van der Waals surface area contributed by atoms with Gasteiger partial charge in [-0.25, -0.2) is 4.99 Å². The summed E-state index contributed by atoms with van der Waals surface area (Å²) < 4.78 is 21.9. The molecule has 4 rings (SSSR count). The van der Waals surface area contributed by atoms with Crippen molar-refractivity contribution in [2.24, 2.45) is 4.99 Å². The third kappa shape index (κ3) is 6.27. The van der Waals surface area contributed by atoms with Gasteiger partial charge >= 0.3 is 0 Å². The number of amides is 1. The minimum Gasteiger partial charge on any atom is -0.497 e. The number of thioether (sulfide) groups is 1. The second kappa shape index (κ2) is 12.4. The van der Waals surface area contributed by atoms with Crippen molar-refractivity contribution in [3.63, 3.8) is 0 Å². The quantitative estimate of drug-likeness (QED) is 0.220. The van der Waals surface area contributed by atoms with Gasteiger partial charge in [-0.1, -0.05) is 19.4 Å². The lowest BCUT2D eigenvalue weighted by Gasteiger charge is -2.16. The third-order valence-corrected chi connectivity index (χ3v) is 6.64. The summed E-state index contributed by atoms with van der Waals surface area (Å²) in [7, 11) is 4.84. The van der Waals surface area contributed by atoms with E-state index >= 15 is 0 Å². The lowest BCUT2D eigenvalue weighted by molar-refractivity contribution is -0.113. The van der Waals surface area contributed by atoms with Crippen molar-refractivity contribution >= 4 is 40.3 Å². The van der Waals surface area contributed by atoms with E-state index in [0.29, 0.717) is 45.3 Å². The zero-order valence-electron chi connectivity index (χ0n) is 21.4. The van der Waals surface area contributed by atoms with Crippen molar-refractivity contribution in [2.45, 2.75) is 19.8 Å². The van der Waals surface area contributed by atoms with Crippen molar-refractivity contribution in [1.29, 1.82) is 0 Å². The first-order chi connectivity index (χ1) is 18.1. The normalized spacial score (nSPS) is 15.4. The van der Waals surface area contributed by atoms with E-state index in [9.17, 15) is 4.79 Å². The van der Waals surface area contributed by atoms with Crippen LogP contribution in [0.15, 0.2) is 76.6 Å². The summed E-state index contributed by atoms with van der Waals surface area (Å²) in [6.45, 7) is 2.75. The number of carbonyl (C=O) groups is 1. The standard InChI is InChI=1S/C29H30N2O5S/c1-5-6-17-36-25-16-7-20(18-26(25)35-4)19-27-28(32)31(22-10-14-24(34-3)15-11-22)29(37-27)30-21-8-12-23(33-2)13-9-21/h7-16,18-19H,5-6,17H2,1-4H3/b27-19-,30-29?. The number of nitrogens with zero attached hydrogens (tertiary/aromatic N) is 2. The van der Waals surface area contributed by atoms with Crippen LogP contribution in [0.5, 0.6) is 23.0 Å². The number of hydrogen-bond acceptors (Lipinski definition) is 7. The number of anilines is 1. The molecule has 0 unspecified atom stereocenters. The molecule has 1 aliphatic rings. The molecule has 0 atom stereocenters. The zero-order chi connectivity index (χ0) is 26.2. The number of hydrogen-bond donors (Lipinski definition) is 0. The molecule has 192 valence electrons. The average molecular weight is 519 g/mol. The topological polar surface area (TPSA) is 69.6 Å². The summed E-state index contributed by atoms with van der Waals surface area (Å²) in [4.78, 5) is 20.5. The molecular formula is C29H30N2O5S. The Morgan fingerprint density at radius 1 is 0.865 bits per heavy atom. The lowest BCUT2D eigenvalue weighted by Crippen LogP contribution is -2.28. The molecule has 1 saturated heterocycles. The minimum absolute atomic E-state index is 0.162. The highest BCUT2D eigenvalue weighted by Gasteiger charge is 2.35. The van der Waals surface area contributed by atoms with E-state index in [-0.39, 0.29) is 5.91 Å².